The van der Waals surface area contributed by atoms with E-state index >= 15 is 0 Å². The molecule has 1 aliphatic heterocycles. The monoisotopic (exact) mass is 443 g/mol. The summed E-state index contributed by atoms with van der Waals surface area (Å²) >= 11 is 0. The normalized spacial score (nSPS) is 16.7. The lowest BCUT2D eigenvalue weighted by molar-refractivity contribution is 0.333. The van der Waals surface area contributed by atoms with E-state index in [-0.39, 0.29) is 5.56 Å². The Hall–Kier alpha value is -3.12. The minimum absolute atomic E-state index is 0.0939. The zero-order valence-corrected chi connectivity index (χ0v) is 19.4. The van der Waals surface area contributed by atoms with Crippen molar-refractivity contribution < 1.29 is 0 Å². The molecule has 0 saturated carbocycles. The summed E-state index contributed by atoms with van der Waals surface area (Å²) < 4.78 is 2.46. The van der Waals surface area contributed by atoms with E-state index in [1.54, 1.807) is 6.07 Å². The number of unbranched alkanes of at least 4 members (excludes halogenated alkanes) is 1. The lowest BCUT2D eigenvalue weighted by Gasteiger charge is -2.16. The number of nitrogens with one attached hydrogen (secondary N) is 2. The Morgan fingerprint density at radius 1 is 1.06 bits per heavy atom. The van der Waals surface area contributed by atoms with Crippen LogP contribution >= 0.6 is 0 Å². The Labute approximate surface area is 194 Å². The van der Waals surface area contributed by atoms with Crippen LogP contribution in [0.3, 0.4) is 0 Å². The van der Waals surface area contributed by atoms with Gasteiger partial charge in [0.25, 0.3) is 5.56 Å². The molecular weight excluding hydrogens is 410 g/mol. The van der Waals surface area contributed by atoms with E-state index < -0.39 is 0 Å². The molecule has 2 aromatic carbocycles. The van der Waals surface area contributed by atoms with E-state index in [1.807, 2.05) is 18.2 Å². The Balaban J connectivity index is 1.17. The van der Waals surface area contributed by atoms with Crippen LogP contribution in [0.25, 0.3) is 21.8 Å². The molecule has 2 N–H and O–H groups in total. The fourth-order valence-electron chi connectivity index (χ4n) is 5.08. The zero-order chi connectivity index (χ0) is 22.6. The standard InChI is InChI=1S/C27H33N5O/c1-2-3-16-32-19-23(21-9-5-7-12-25(21)32)20-13-17-31(18-20)15-8-14-28-27-29-24-11-6-4-10-22(24)26(33)30-27/h4-7,9-12,19-20H,2-3,8,13-18H2,1H3,(H2,28,29,30,33). The van der Waals surface area contributed by atoms with Crippen molar-refractivity contribution in [3.8, 4) is 0 Å². The van der Waals surface area contributed by atoms with Gasteiger partial charge in [0.05, 0.1) is 10.9 Å². The van der Waals surface area contributed by atoms with Gasteiger partial charge in [0.1, 0.15) is 0 Å². The molecule has 1 aliphatic rings. The molecule has 0 amide bonds. The Kier molecular flexibility index (Phi) is 6.44. The van der Waals surface area contributed by atoms with Crippen LogP contribution in [0, 0.1) is 0 Å². The van der Waals surface area contributed by atoms with E-state index in [0.717, 1.165) is 44.7 Å². The van der Waals surface area contributed by atoms with Crippen molar-refractivity contribution >= 4 is 27.8 Å². The fourth-order valence-corrected chi connectivity index (χ4v) is 5.08. The van der Waals surface area contributed by atoms with Crippen LogP contribution in [0.5, 0.6) is 0 Å². The smallest absolute Gasteiger partial charge is 0.260 e. The molecule has 6 heteroatoms. The van der Waals surface area contributed by atoms with Crippen LogP contribution in [0.1, 0.15) is 44.1 Å². The molecule has 5 rings (SSSR count). The van der Waals surface area contributed by atoms with Gasteiger partial charge >= 0.3 is 0 Å². The summed E-state index contributed by atoms with van der Waals surface area (Å²) in [6.07, 6.45) is 7.09. The molecule has 4 aromatic rings. The molecule has 1 fully saturated rings. The molecule has 3 heterocycles. The van der Waals surface area contributed by atoms with Crippen LogP contribution in [0.2, 0.25) is 0 Å². The summed E-state index contributed by atoms with van der Waals surface area (Å²) in [6, 6.07) is 16.3. The number of H-pyrrole nitrogens is 1. The summed E-state index contributed by atoms with van der Waals surface area (Å²) in [7, 11) is 0. The molecule has 0 bridgehead atoms. The molecule has 1 atom stereocenters. The minimum Gasteiger partial charge on any atom is -0.356 e. The van der Waals surface area contributed by atoms with Gasteiger partial charge in [-0.2, -0.15) is 0 Å². The molecule has 1 saturated heterocycles. The molecule has 6 nitrogen and oxygen atoms in total. The van der Waals surface area contributed by atoms with Crippen molar-refractivity contribution in [1.82, 2.24) is 19.4 Å². The molecule has 1 unspecified atom stereocenters. The van der Waals surface area contributed by atoms with E-state index in [1.165, 1.54) is 35.7 Å². The number of nitrogens with zero attached hydrogens (tertiary/aromatic N) is 3. The van der Waals surface area contributed by atoms with Crippen LogP contribution in [-0.2, 0) is 6.54 Å². The number of benzene rings is 2. The highest BCUT2D eigenvalue weighted by Gasteiger charge is 2.26. The molecule has 0 radical (unpaired) electrons. The third-order valence-electron chi connectivity index (χ3n) is 6.84. The topological polar surface area (TPSA) is 66.0 Å². The number of hydrogen-bond donors (Lipinski definition) is 2. The van der Waals surface area contributed by atoms with Crippen molar-refractivity contribution in [3.63, 3.8) is 0 Å². The lowest BCUT2D eigenvalue weighted by Crippen LogP contribution is -2.24. The first-order valence-electron chi connectivity index (χ1n) is 12.3. The Morgan fingerprint density at radius 2 is 1.88 bits per heavy atom. The van der Waals surface area contributed by atoms with Crippen molar-refractivity contribution in [2.75, 3.05) is 31.5 Å². The predicted molar refractivity (Wildman–Crippen MR) is 136 cm³/mol. The highest BCUT2D eigenvalue weighted by molar-refractivity contribution is 5.84. The summed E-state index contributed by atoms with van der Waals surface area (Å²) in [6.45, 7) is 7.46. The number of likely N-dealkylation sites (tertiary alicyclic amines) is 1. The van der Waals surface area contributed by atoms with Gasteiger partial charge in [0.2, 0.25) is 5.95 Å². The third kappa shape index (κ3) is 4.67. The average molecular weight is 444 g/mol. The van der Waals surface area contributed by atoms with Gasteiger partial charge in [0, 0.05) is 36.7 Å². The highest BCUT2D eigenvalue weighted by atomic mass is 16.1. The van der Waals surface area contributed by atoms with Gasteiger partial charge in [-0.3, -0.25) is 9.78 Å². The number of hydrogen-bond acceptors (Lipinski definition) is 4. The van der Waals surface area contributed by atoms with Gasteiger partial charge in [-0.1, -0.05) is 43.7 Å². The number of aryl methyl sites for hydroxylation is 1. The van der Waals surface area contributed by atoms with Gasteiger partial charge in [-0.25, -0.2) is 4.98 Å². The van der Waals surface area contributed by atoms with Gasteiger partial charge < -0.3 is 14.8 Å². The van der Waals surface area contributed by atoms with Crippen LogP contribution < -0.4 is 10.9 Å². The largest absolute Gasteiger partial charge is 0.356 e. The van der Waals surface area contributed by atoms with Crippen molar-refractivity contribution in [3.05, 3.63) is 70.6 Å². The first-order valence-corrected chi connectivity index (χ1v) is 12.3. The number of para-hydroxylation sites is 2. The summed E-state index contributed by atoms with van der Waals surface area (Å²) in [5.41, 5.74) is 3.52. The van der Waals surface area contributed by atoms with Gasteiger partial charge in [-0.15, -0.1) is 0 Å². The molecule has 0 spiro atoms. The summed E-state index contributed by atoms with van der Waals surface area (Å²) in [5, 5.41) is 5.35. The van der Waals surface area contributed by atoms with E-state index in [4.69, 9.17) is 0 Å². The highest BCUT2D eigenvalue weighted by Crippen LogP contribution is 2.34. The first kappa shape index (κ1) is 21.7. The zero-order valence-electron chi connectivity index (χ0n) is 19.4. The molecular formula is C27H33N5O. The number of anilines is 1. The average Bonchev–Trinajstić information content (AvgIpc) is 3.45. The van der Waals surface area contributed by atoms with Gasteiger partial charge in [0.15, 0.2) is 0 Å². The number of fused-ring (bicyclic) bond motifs is 2. The third-order valence-corrected chi connectivity index (χ3v) is 6.84. The van der Waals surface area contributed by atoms with Crippen molar-refractivity contribution in [2.24, 2.45) is 0 Å². The van der Waals surface area contributed by atoms with Crippen molar-refractivity contribution in [1.29, 1.82) is 0 Å². The first-order chi connectivity index (χ1) is 16.2. The number of aromatic amines is 1. The second-order valence-corrected chi connectivity index (χ2v) is 9.15. The van der Waals surface area contributed by atoms with E-state index in [2.05, 4.69) is 62.1 Å². The van der Waals surface area contributed by atoms with Crippen LogP contribution in [0.4, 0.5) is 5.95 Å². The number of rotatable bonds is 9. The Bertz CT molecular complexity index is 1290. The van der Waals surface area contributed by atoms with Gasteiger partial charge in [-0.05, 0) is 62.0 Å². The van der Waals surface area contributed by atoms with Crippen LogP contribution in [0.15, 0.2) is 59.5 Å². The van der Waals surface area contributed by atoms with E-state index in [9.17, 15) is 4.79 Å². The second-order valence-electron chi connectivity index (χ2n) is 9.15. The quantitative estimate of drug-likeness (QED) is 0.359. The second kappa shape index (κ2) is 9.79. The molecule has 172 valence electrons. The molecule has 33 heavy (non-hydrogen) atoms. The maximum atomic E-state index is 12.2. The minimum atomic E-state index is -0.0939. The Morgan fingerprint density at radius 3 is 2.76 bits per heavy atom. The fraction of sp³-hybridized carbons (Fsp3) is 0.407. The SMILES string of the molecule is CCCCn1cc(C2CCN(CCCNc3nc4ccccc4c(=O)[nH]3)C2)c2ccccc21. The van der Waals surface area contributed by atoms with Crippen molar-refractivity contribution in [2.45, 2.75) is 45.1 Å². The summed E-state index contributed by atoms with van der Waals surface area (Å²) in [5.74, 6) is 1.15. The lowest BCUT2D eigenvalue weighted by atomic mass is 9.98. The summed E-state index contributed by atoms with van der Waals surface area (Å²) in [4.78, 5) is 22.2. The molecule has 2 aromatic heterocycles. The van der Waals surface area contributed by atoms with Crippen LogP contribution in [-0.4, -0.2) is 45.6 Å². The number of aromatic nitrogens is 3. The maximum Gasteiger partial charge on any atom is 0.260 e. The maximum absolute atomic E-state index is 12.2. The van der Waals surface area contributed by atoms with E-state index in [0.29, 0.717) is 17.3 Å². The predicted octanol–water partition coefficient (Wildman–Crippen LogP) is 4.97. The molecule has 0 aliphatic carbocycles.